The quantitative estimate of drug-likeness (QED) is 0.302. The molecule has 24 heavy (non-hydrogen) atoms. The number of nitrogens with one attached hydrogen (secondary N) is 1. The molecule has 0 aliphatic heterocycles. The number of unbranched alkanes of at least 4 members (excludes halogenated alkanes) is 3. The highest BCUT2D eigenvalue weighted by Gasteiger charge is 2.12. The highest BCUT2D eigenvalue weighted by molar-refractivity contribution is 5.81. The van der Waals surface area contributed by atoms with Gasteiger partial charge in [-0.1, -0.05) is 26.2 Å². The minimum absolute atomic E-state index is 0. The molecule has 0 aliphatic carbocycles. The summed E-state index contributed by atoms with van der Waals surface area (Å²) in [6.07, 6.45) is 5.29. The number of hydrogen-bond acceptors (Lipinski definition) is 4. The maximum absolute atomic E-state index is 11.9. The van der Waals surface area contributed by atoms with Crippen LogP contribution in [-0.4, -0.2) is 59.6 Å². The number of aromatic hydroxyl groups is 1. The zero-order valence-electron chi connectivity index (χ0n) is 15.0. The maximum Gasteiger partial charge on any atom is 0.331 e. The lowest BCUT2D eigenvalue weighted by Crippen LogP contribution is -3.00. The summed E-state index contributed by atoms with van der Waals surface area (Å²) in [7, 11) is 6.16. The number of nitrogens with zero attached hydrogens (tertiary/aromatic N) is 3. The van der Waals surface area contributed by atoms with E-state index < -0.39 is 11.2 Å². The summed E-state index contributed by atoms with van der Waals surface area (Å²) in [6, 6.07) is 0. The first-order valence-corrected chi connectivity index (χ1v) is 8.12. The molecule has 0 saturated carbocycles. The van der Waals surface area contributed by atoms with Crippen molar-refractivity contribution in [3.05, 3.63) is 26.4 Å². The van der Waals surface area contributed by atoms with Crippen molar-refractivity contribution in [2.45, 2.75) is 39.2 Å². The molecule has 1 heterocycles. The van der Waals surface area contributed by atoms with Crippen LogP contribution in [0.25, 0.3) is 0 Å². The molecule has 0 radical (unpaired) electrons. The van der Waals surface area contributed by atoms with Gasteiger partial charge in [0.15, 0.2) is 0 Å². The van der Waals surface area contributed by atoms with Crippen LogP contribution in [0.5, 0.6) is 5.88 Å². The van der Waals surface area contributed by atoms with Gasteiger partial charge in [-0.05, 0) is 6.42 Å². The van der Waals surface area contributed by atoms with E-state index in [1.54, 1.807) is 0 Å². The van der Waals surface area contributed by atoms with E-state index in [1.807, 2.05) is 0 Å². The Morgan fingerprint density at radius 3 is 2.46 bits per heavy atom. The average molecular weight is 361 g/mol. The minimum atomic E-state index is -0.605. The Morgan fingerprint density at radius 1 is 1.21 bits per heavy atom. The Labute approximate surface area is 149 Å². The third-order valence-corrected chi connectivity index (χ3v) is 3.56. The molecule has 1 aromatic rings. The van der Waals surface area contributed by atoms with Gasteiger partial charge in [0.25, 0.3) is 5.56 Å². The Morgan fingerprint density at radius 2 is 1.88 bits per heavy atom. The minimum Gasteiger partial charge on any atom is -1.00 e. The Bertz CT molecular complexity index is 644. The third-order valence-electron chi connectivity index (χ3n) is 3.56. The number of quaternary nitrogens is 1. The monoisotopic (exact) mass is 360 g/mol. The van der Waals surface area contributed by atoms with Gasteiger partial charge in [0.2, 0.25) is 5.88 Å². The van der Waals surface area contributed by atoms with Crippen molar-refractivity contribution in [1.82, 2.24) is 9.55 Å². The zero-order valence-corrected chi connectivity index (χ0v) is 15.8. The average Bonchev–Trinajstić information content (AvgIpc) is 2.44. The molecule has 0 bridgehead atoms. The summed E-state index contributed by atoms with van der Waals surface area (Å²) in [4.78, 5) is 30.1. The van der Waals surface area contributed by atoms with Crippen LogP contribution in [0.15, 0.2) is 14.6 Å². The van der Waals surface area contributed by atoms with Gasteiger partial charge in [0.05, 0.1) is 34.2 Å². The summed E-state index contributed by atoms with van der Waals surface area (Å²) in [5.74, 6) is -0.302. The van der Waals surface area contributed by atoms with Crippen molar-refractivity contribution in [3.63, 3.8) is 0 Å². The van der Waals surface area contributed by atoms with E-state index in [-0.39, 0.29) is 23.9 Å². The van der Waals surface area contributed by atoms with Crippen molar-refractivity contribution < 1.29 is 22.0 Å². The van der Waals surface area contributed by atoms with E-state index in [2.05, 4.69) is 38.0 Å². The van der Waals surface area contributed by atoms with E-state index >= 15 is 0 Å². The Kier molecular flexibility index (Phi) is 9.62. The fourth-order valence-corrected chi connectivity index (χ4v) is 2.11. The number of likely N-dealkylation sites (N-methyl/N-ethyl adjacent to an activating group) is 1. The van der Waals surface area contributed by atoms with Gasteiger partial charge in [-0.3, -0.25) is 19.3 Å². The van der Waals surface area contributed by atoms with Crippen molar-refractivity contribution in [2.75, 3.05) is 34.2 Å². The summed E-state index contributed by atoms with van der Waals surface area (Å²) in [5, 5.41) is 10.2. The molecule has 0 aliphatic rings. The molecule has 0 saturated heterocycles. The number of hydrogen-bond donors (Lipinski definition) is 2. The van der Waals surface area contributed by atoms with E-state index in [4.69, 9.17) is 0 Å². The van der Waals surface area contributed by atoms with Crippen LogP contribution in [-0.2, 0) is 6.54 Å². The van der Waals surface area contributed by atoms with Crippen molar-refractivity contribution in [3.8, 4) is 5.88 Å². The van der Waals surface area contributed by atoms with Gasteiger partial charge in [-0.15, -0.1) is 0 Å². The summed E-state index contributed by atoms with van der Waals surface area (Å²) >= 11 is 0. The smallest absolute Gasteiger partial charge is 0.331 e. The highest BCUT2D eigenvalue weighted by Crippen LogP contribution is 2.10. The first-order chi connectivity index (χ1) is 10.8. The normalized spacial score (nSPS) is 11.7. The van der Waals surface area contributed by atoms with Crippen molar-refractivity contribution in [1.29, 1.82) is 0 Å². The number of H-pyrrole nitrogens is 1. The second-order valence-electron chi connectivity index (χ2n) is 6.76. The lowest BCUT2D eigenvalue weighted by Gasteiger charge is -2.22. The van der Waals surface area contributed by atoms with Crippen LogP contribution in [0.4, 0.5) is 0 Å². The van der Waals surface area contributed by atoms with Crippen LogP contribution in [0.1, 0.15) is 38.2 Å². The van der Waals surface area contributed by atoms with Gasteiger partial charge in [0.1, 0.15) is 5.56 Å². The van der Waals surface area contributed by atoms with Crippen LogP contribution in [0.2, 0.25) is 0 Å². The van der Waals surface area contributed by atoms with Gasteiger partial charge in [-0.25, -0.2) is 4.79 Å². The molecule has 1 rings (SSSR count). The lowest BCUT2D eigenvalue weighted by atomic mass is 10.2. The third kappa shape index (κ3) is 7.31. The predicted molar refractivity (Wildman–Crippen MR) is 92.5 cm³/mol. The molecule has 1 aromatic heterocycles. The molecular weight excluding hydrogens is 332 g/mol. The topological polar surface area (TPSA) is 87.4 Å². The molecular formula is C16H29ClN4O3. The summed E-state index contributed by atoms with van der Waals surface area (Å²) in [5.41, 5.74) is -1.14. The molecule has 0 amide bonds. The second kappa shape index (κ2) is 10.3. The van der Waals surface area contributed by atoms with Gasteiger partial charge in [0, 0.05) is 12.8 Å². The fraction of sp³-hybridized carbons (Fsp3) is 0.688. The first kappa shape index (κ1) is 22.4. The molecule has 0 aromatic carbocycles. The Balaban J connectivity index is 0.00000529. The SMILES string of the molecule is CCCCCCn1c(O)c(C=NCC[N+](C)(C)C)c(=O)[nH]c1=O.[Cl-]. The molecule has 0 unspecified atom stereocenters. The molecule has 7 nitrogen and oxygen atoms in total. The number of aromatic amines is 1. The van der Waals surface area contributed by atoms with Gasteiger partial charge < -0.3 is 22.0 Å². The van der Waals surface area contributed by atoms with E-state index in [0.717, 1.165) is 36.7 Å². The molecule has 8 heteroatoms. The number of halogens is 1. The predicted octanol–water partition coefficient (Wildman–Crippen LogP) is -2.05. The lowest BCUT2D eigenvalue weighted by molar-refractivity contribution is -0.868. The zero-order chi connectivity index (χ0) is 17.5. The van der Waals surface area contributed by atoms with Crippen molar-refractivity contribution in [2.24, 2.45) is 4.99 Å². The van der Waals surface area contributed by atoms with Gasteiger partial charge >= 0.3 is 5.69 Å². The molecule has 138 valence electrons. The fourth-order valence-electron chi connectivity index (χ4n) is 2.11. The van der Waals surface area contributed by atoms with E-state index in [0.29, 0.717) is 13.1 Å². The van der Waals surface area contributed by atoms with Crippen LogP contribution in [0, 0.1) is 0 Å². The maximum atomic E-state index is 11.9. The Hall–Kier alpha value is -1.60. The molecule has 0 atom stereocenters. The van der Waals surface area contributed by atoms with E-state index in [9.17, 15) is 14.7 Å². The van der Waals surface area contributed by atoms with Gasteiger partial charge in [-0.2, -0.15) is 0 Å². The largest absolute Gasteiger partial charge is 1.00 e. The highest BCUT2D eigenvalue weighted by atomic mass is 35.5. The second-order valence-corrected chi connectivity index (χ2v) is 6.76. The van der Waals surface area contributed by atoms with Crippen molar-refractivity contribution >= 4 is 6.21 Å². The number of rotatable bonds is 9. The molecule has 0 fully saturated rings. The van der Waals surface area contributed by atoms with Crippen LogP contribution >= 0.6 is 0 Å². The summed E-state index contributed by atoms with van der Waals surface area (Å²) < 4.78 is 1.97. The standard InChI is InChI=1S/C16H28N4O3.ClH/c1-5-6-7-8-10-19-15(22)13(14(21)18-16(19)23)12-17-9-11-20(2,3)4;/h12H,5-11H2,1-4H3,(H-,17,18,21,22,23);1H. The van der Waals surface area contributed by atoms with E-state index in [1.165, 1.54) is 10.8 Å². The van der Waals surface area contributed by atoms with Crippen LogP contribution in [0.3, 0.4) is 0 Å². The molecule has 0 spiro atoms. The van der Waals surface area contributed by atoms with Crippen LogP contribution < -0.4 is 23.7 Å². The molecule has 2 N–H and O–H groups in total. The number of aromatic nitrogens is 2. The summed E-state index contributed by atoms with van der Waals surface area (Å²) in [6.45, 7) is 3.85. The number of aliphatic imine (C=N–C) groups is 1. The first-order valence-electron chi connectivity index (χ1n) is 8.12.